The first-order valence-electron chi connectivity index (χ1n) is 8.74. The average molecular weight is 446 g/mol. The number of hydrogen-bond acceptors (Lipinski definition) is 4. The first-order chi connectivity index (χ1) is 13.9. The van der Waals surface area contributed by atoms with E-state index in [0.717, 1.165) is 11.1 Å². The van der Waals surface area contributed by atoms with Crippen molar-refractivity contribution in [3.05, 3.63) is 74.2 Å². The van der Waals surface area contributed by atoms with Crippen LogP contribution in [0.15, 0.2) is 53.1 Å². The number of amides is 2. The van der Waals surface area contributed by atoms with Crippen LogP contribution in [0.25, 0.3) is 0 Å². The number of anilines is 1. The van der Waals surface area contributed by atoms with Crippen LogP contribution in [0.5, 0.6) is 0 Å². The van der Waals surface area contributed by atoms with E-state index < -0.39 is 11.2 Å². The zero-order valence-electron chi connectivity index (χ0n) is 15.7. The van der Waals surface area contributed by atoms with E-state index in [1.165, 1.54) is 23.7 Å². The Morgan fingerprint density at radius 2 is 2.00 bits per heavy atom. The highest BCUT2D eigenvalue weighted by Gasteiger charge is 2.41. The Morgan fingerprint density at radius 3 is 2.66 bits per heavy atom. The number of nitrogens with zero attached hydrogens (tertiary/aromatic N) is 2. The zero-order chi connectivity index (χ0) is 21.1. The molecular weight excluding hydrogens is 429 g/mol. The number of nitrogens with one attached hydrogen (secondary N) is 1. The first kappa shape index (κ1) is 21.3. The molecular formula is C21H17Cl2N3O2S. The molecule has 8 heteroatoms. The van der Waals surface area contributed by atoms with Crippen LogP contribution in [0.1, 0.15) is 11.1 Å². The van der Waals surface area contributed by atoms with Crippen LogP contribution in [0.4, 0.5) is 5.69 Å². The van der Waals surface area contributed by atoms with Gasteiger partial charge in [0, 0.05) is 17.1 Å². The van der Waals surface area contributed by atoms with E-state index in [9.17, 15) is 14.9 Å². The standard InChI is InChI=1S/C21H17Cl2N3O2S/c1-12-5-3-4-6-17(12)26-20(28)18(10-13-9-14(22)7-8-16(13)23)29-21(26)15(11-24)19(27)25-2/h3-9,18H,10H2,1-2H3,(H,25,27)/b21-15+/t18-/m1/s1. The van der Waals surface area contributed by atoms with Crippen molar-refractivity contribution in [1.29, 1.82) is 5.26 Å². The summed E-state index contributed by atoms with van der Waals surface area (Å²) in [5.74, 6) is -0.755. The minimum atomic E-state index is -0.548. The molecule has 29 heavy (non-hydrogen) atoms. The van der Waals surface area contributed by atoms with E-state index in [0.29, 0.717) is 27.2 Å². The molecule has 1 fully saturated rings. The number of carbonyl (C=O) groups is 2. The van der Waals surface area contributed by atoms with E-state index >= 15 is 0 Å². The third-order valence-corrected chi connectivity index (χ3v) is 6.37. The molecule has 2 aromatic carbocycles. The summed E-state index contributed by atoms with van der Waals surface area (Å²) in [6, 6.07) is 14.4. The highest BCUT2D eigenvalue weighted by molar-refractivity contribution is 8.05. The molecule has 2 aromatic rings. The summed E-state index contributed by atoms with van der Waals surface area (Å²) in [6.45, 7) is 1.87. The Bertz CT molecular complexity index is 1060. The molecule has 5 nitrogen and oxygen atoms in total. The van der Waals surface area contributed by atoms with Crippen LogP contribution < -0.4 is 10.2 Å². The van der Waals surface area contributed by atoms with Crippen molar-refractivity contribution in [3.63, 3.8) is 0 Å². The summed E-state index contributed by atoms with van der Waals surface area (Å²) in [6.07, 6.45) is 0.321. The molecule has 1 atom stereocenters. The monoisotopic (exact) mass is 445 g/mol. The third-order valence-electron chi connectivity index (χ3n) is 4.50. The summed E-state index contributed by atoms with van der Waals surface area (Å²) in [5, 5.41) is 12.9. The number of benzene rings is 2. The number of likely N-dealkylation sites (N-methyl/N-ethyl adjacent to an activating group) is 1. The van der Waals surface area contributed by atoms with Crippen LogP contribution in [-0.4, -0.2) is 24.1 Å². The van der Waals surface area contributed by atoms with Crippen molar-refractivity contribution >= 4 is 52.5 Å². The minimum absolute atomic E-state index is 0.103. The Hall–Kier alpha value is -2.46. The van der Waals surface area contributed by atoms with Gasteiger partial charge >= 0.3 is 0 Å². The summed E-state index contributed by atoms with van der Waals surface area (Å²) < 4.78 is 0. The van der Waals surface area contributed by atoms with E-state index in [4.69, 9.17) is 23.2 Å². The molecule has 0 aliphatic carbocycles. The van der Waals surface area contributed by atoms with Gasteiger partial charge in [0.25, 0.3) is 5.91 Å². The summed E-state index contributed by atoms with van der Waals surface area (Å²) in [4.78, 5) is 27.1. The fraction of sp³-hybridized carbons (Fsp3) is 0.190. The highest BCUT2D eigenvalue weighted by Crippen LogP contribution is 2.43. The molecule has 1 aliphatic heterocycles. The third kappa shape index (κ3) is 4.27. The molecule has 0 spiro atoms. The maximum Gasteiger partial charge on any atom is 0.264 e. The van der Waals surface area contributed by atoms with Gasteiger partial charge in [-0.2, -0.15) is 5.26 Å². The SMILES string of the molecule is CNC(=O)/C(C#N)=C1/S[C@H](Cc2cc(Cl)ccc2Cl)C(=O)N1c1ccccc1C. The number of nitriles is 1. The molecule has 1 heterocycles. The van der Waals surface area contributed by atoms with Gasteiger partial charge in [0.05, 0.1) is 10.9 Å². The second-order valence-corrected chi connectivity index (χ2v) is 8.41. The number of hydrogen-bond donors (Lipinski definition) is 1. The van der Waals surface area contributed by atoms with Gasteiger partial charge in [-0.15, -0.1) is 0 Å². The number of carbonyl (C=O) groups excluding carboxylic acids is 2. The van der Waals surface area contributed by atoms with Crippen LogP contribution in [0.2, 0.25) is 10.0 Å². The van der Waals surface area contributed by atoms with E-state index in [1.54, 1.807) is 24.3 Å². The molecule has 0 radical (unpaired) electrons. The molecule has 1 saturated heterocycles. The number of thioether (sulfide) groups is 1. The molecule has 1 aliphatic rings. The Morgan fingerprint density at radius 1 is 1.28 bits per heavy atom. The first-order valence-corrected chi connectivity index (χ1v) is 10.4. The Kier molecular flexibility index (Phi) is 6.53. The van der Waals surface area contributed by atoms with Crippen molar-refractivity contribution in [2.24, 2.45) is 0 Å². The summed E-state index contributed by atoms with van der Waals surface area (Å²) >= 11 is 13.5. The van der Waals surface area contributed by atoms with Gasteiger partial charge in [-0.3, -0.25) is 14.5 Å². The lowest BCUT2D eigenvalue weighted by Crippen LogP contribution is -2.32. The predicted molar refractivity (Wildman–Crippen MR) is 117 cm³/mol. The number of aryl methyl sites for hydroxylation is 1. The second kappa shape index (κ2) is 8.91. The molecule has 3 rings (SSSR count). The fourth-order valence-electron chi connectivity index (χ4n) is 3.04. The van der Waals surface area contributed by atoms with Crippen LogP contribution in [0.3, 0.4) is 0 Å². The van der Waals surface area contributed by atoms with Crippen LogP contribution >= 0.6 is 35.0 Å². The van der Waals surface area contributed by atoms with Crippen molar-refractivity contribution in [1.82, 2.24) is 5.32 Å². The molecule has 1 N–H and O–H groups in total. The summed E-state index contributed by atoms with van der Waals surface area (Å²) in [7, 11) is 1.45. The Labute approximate surface area is 183 Å². The number of para-hydroxylation sites is 1. The minimum Gasteiger partial charge on any atom is -0.354 e. The zero-order valence-corrected chi connectivity index (χ0v) is 18.0. The lowest BCUT2D eigenvalue weighted by molar-refractivity contribution is -0.117. The van der Waals surface area contributed by atoms with Gasteiger partial charge in [0.1, 0.15) is 16.7 Å². The smallest absolute Gasteiger partial charge is 0.264 e. The summed E-state index contributed by atoms with van der Waals surface area (Å²) in [5.41, 5.74) is 2.12. The molecule has 0 aromatic heterocycles. The van der Waals surface area contributed by atoms with E-state index in [2.05, 4.69) is 5.32 Å². The Balaban J connectivity index is 2.09. The largest absolute Gasteiger partial charge is 0.354 e. The lowest BCUT2D eigenvalue weighted by atomic mass is 10.1. The van der Waals surface area contributed by atoms with Gasteiger partial charge in [-0.05, 0) is 48.7 Å². The average Bonchev–Trinajstić information content (AvgIpc) is 3.01. The number of rotatable bonds is 4. The van der Waals surface area contributed by atoms with Gasteiger partial charge in [-0.25, -0.2) is 0 Å². The quantitative estimate of drug-likeness (QED) is 0.556. The molecule has 2 amide bonds. The van der Waals surface area contributed by atoms with Crippen LogP contribution in [-0.2, 0) is 16.0 Å². The molecule has 148 valence electrons. The van der Waals surface area contributed by atoms with Crippen molar-refractivity contribution < 1.29 is 9.59 Å². The fourth-order valence-corrected chi connectivity index (χ4v) is 4.72. The second-order valence-electron chi connectivity index (χ2n) is 6.38. The van der Waals surface area contributed by atoms with Crippen molar-refractivity contribution in [2.45, 2.75) is 18.6 Å². The van der Waals surface area contributed by atoms with Crippen molar-refractivity contribution in [3.8, 4) is 6.07 Å². The van der Waals surface area contributed by atoms with Gasteiger partial charge in [-0.1, -0.05) is 53.2 Å². The van der Waals surface area contributed by atoms with E-state index in [1.807, 2.05) is 31.2 Å². The number of halogens is 2. The van der Waals surface area contributed by atoms with Gasteiger partial charge < -0.3 is 5.32 Å². The van der Waals surface area contributed by atoms with Gasteiger partial charge in [0.15, 0.2) is 0 Å². The van der Waals surface area contributed by atoms with Gasteiger partial charge in [0.2, 0.25) is 5.91 Å². The lowest BCUT2D eigenvalue weighted by Gasteiger charge is -2.20. The highest BCUT2D eigenvalue weighted by atomic mass is 35.5. The normalized spacial score (nSPS) is 17.8. The molecule has 0 unspecified atom stereocenters. The van der Waals surface area contributed by atoms with Crippen LogP contribution in [0, 0.1) is 18.3 Å². The molecule has 0 saturated carbocycles. The molecule has 0 bridgehead atoms. The predicted octanol–water partition coefficient (Wildman–Crippen LogP) is 4.47. The maximum atomic E-state index is 13.4. The van der Waals surface area contributed by atoms with Crippen molar-refractivity contribution in [2.75, 3.05) is 11.9 Å². The topological polar surface area (TPSA) is 73.2 Å². The maximum absolute atomic E-state index is 13.4. The van der Waals surface area contributed by atoms with E-state index in [-0.39, 0.29) is 11.5 Å².